The normalized spacial score (nSPS) is 18.7. The zero-order chi connectivity index (χ0) is 63.5. The molecule has 0 fully saturated rings. The molecule has 0 unspecified atom stereocenters. The number of nitrogens with zero attached hydrogens (tertiary/aromatic N) is 5. The van der Waals surface area contributed by atoms with Crippen LogP contribution in [-0.4, -0.2) is 28.7 Å². The van der Waals surface area contributed by atoms with Crippen molar-refractivity contribution in [3.8, 4) is 28.6 Å². The van der Waals surface area contributed by atoms with Crippen molar-refractivity contribution in [3.63, 3.8) is 0 Å². The Bertz CT molecular complexity index is 4440. The van der Waals surface area contributed by atoms with Crippen molar-refractivity contribution in [2.75, 3.05) is 9.80 Å². The number of ether oxygens (including phenoxy) is 1. The number of rotatable bonds is 8. The summed E-state index contributed by atoms with van der Waals surface area (Å²) in [7, 11) is 4.38. The van der Waals surface area contributed by atoms with Crippen LogP contribution in [0, 0.1) is 18.8 Å². The molecule has 2 N–H and O–H groups in total. The number of allylic oxidation sites excluding steroid dienone is 8. The van der Waals surface area contributed by atoms with Crippen molar-refractivity contribution >= 4 is 81.1 Å². The number of para-hydroxylation sites is 4. The largest absolute Gasteiger partial charge is 0.509 e. The van der Waals surface area contributed by atoms with Gasteiger partial charge in [0.1, 0.15) is 0 Å². The van der Waals surface area contributed by atoms with Crippen molar-refractivity contribution in [3.05, 3.63) is 259 Å². The minimum atomic E-state index is -2.56. The Morgan fingerprint density at radius 3 is 1.76 bits per heavy atom. The fraction of sp³-hybridized carbons (Fsp3) is 0.221. The van der Waals surface area contributed by atoms with Crippen LogP contribution in [0.5, 0.6) is 11.5 Å². The van der Waals surface area contributed by atoms with Crippen molar-refractivity contribution in [1.82, 2.24) is 24.8 Å². The first kappa shape index (κ1) is 57.3. The molecular formula is C77H76B2N7OPt-3. The first-order valence-corrected chi connectivity index (χ1v) is 30.0. The molecule has 0 aliphatic carbocycles. The molecule has 88 heavy (non-hydrogen) atoms. The van der Waals surface area contributed by atoms with E-state index in [9.17, 15) is 0 Å². The number of imidazole rings is 1. The fourth-order valence-electron chi connectivity index (χ4n) is 11.8. The van der Waals surface area contributed by atoms with E-state index in [0.717, 1.165) is 77.8 Å². The Labute approximate surface area is 541 Å². The molecule has 0 saturated carbocycles. The number of hydrogen-bond acceptors (Lipinski definition) is 6. The maximum Gasteiger partial charge on any atom is 0.213 e. The fourth-order valence-corrected chi connectivity index (χ4v) is 11.8. The number of aromatic nitrogens is 3. The van der Waals surface area contributed by atoms with Gasteiger partial charge in [0.2, 0.25) is 5.95 Å². The molecule has 0 bridgehead atoms. The van der Waals surface area contributed by atoms with Gasteiger partial charge in [-0.05, 0) is 133 Å². The zero-order valence-corrected chi connectivity index (χ0v) is 54.6. The van der Waals surface area contributed by atoms with Crippen LogP contribution < -0.4 is 25.2 Å². The van der Waals surface area contributed by atoms with E-state index >= 15 is 0 Å². The minimum absolute atomic E-state index is 0. The summed E-state index contributed by atoms with van der Waals surface area (Å²) in [6.07, 6.45) is 24.3. The van der Waals surface area contributed by atoms with E-state index < -0.39 is 6.98 Å². The maximum absolute atomic E-state index is 8.91. The minimum Gasteiger partial charge on any atom is -0.509 e. The van der Waals surface area contributed by atoms with Gasteiger partial charge in [0, 0.05) is 91.0 Å². The summed E-state index contributed by atoms with van der Waals surface area (Å²) in [4.78, 5) is 9.65. The summed E-state index contributed by atoms with van der Waals surface area (Å²) in [6.45, 7) is 26.7. The Morgan fingerprint density at radius 1 is 0.545 bits per heavy atom. The number of hydrogen-bond donors (Lipinski definition) is 2. The van der Waals surface area contributed by atoms with Gasteiger partial charge in [-0.15, -0.1) is 65.6 Å². The van der Waals surface area contributed by atoms with Gasteiger partial charge in [-0.25, -0.2) is 4.98 Å². The first-order chi connectivity index (χ1) is 42.8. The smallest absolute Gasteiger partial charge is 0.213 e. The van der Waals surface area contributed by atoms with E-state index in [0.29, 0.717) is 28.0 Å². The van der Waals surface area contributed by atoms with E-state index in [1.165, 1.54) is 21.3 Å². The first-order valence-electron chi connectivity index (χ1n) is 31.5. The second-order valence-corrected chi connectivity index (χ2v) is 26.7. The molecule has 2 radical (unpaired) electrons. The topological polar surface area (TPSA) is 62.5 Å². The monoisotopic (exact) mass is 1330 g/mol. The van der Waals surface area contributed by atoms with Crippen LogP contribution in [0.3, 0.4) is 0 Å². The second kappa shape index (κ2) is 24.3. The van der Waals surface area contributed by atoms with Crippen LogP contribution in [0.4, 0.5) is 22.7 Å². The predicted octanol–water partition coefficient (Wildman–Crippen LogP) is 18.7. The third kappa shape index (κ3) is 12.1. The summed E-state index contributed by atoms with van der Waals surface area (Å²) in [5.41, 5.74) is 16.3. The van der Waals surface area contributed by atoms with Crippen LogP contribution in [-0.2, 0) is 49.7 Å². The molecule has 444 valence electrons. The SMILES string of the molecule is [2H]C([2H])([2H])n1c(-n2c3[c-]c(Oc4[c-]c(N5[CH-]N(c6c(/C7=C/C=C\N/C=C\C=C/[B]7)cc(C(C)(C)C)cc6/C6=C/C=C\N/C=C\C=C/[B]6)c6ccccc65)cc(-c5c(C(C)(C)C)cccc5C(C)(C)C)c4)ccc3c3cc(C(C)(C)C)ccc32)nc2ccccc21.[Pt]. The van der Waals surface area contributed by atoms with E-state index in [1.807, 2.05) is 84.0 Å². The zero-order valence-electron chi connectivity index (χ0n) is 55.3. The molecule has 0 spiro atoms. The summed E-state index contributed by atoms with van der Waals surface area (Å²) < 4.78 is 37.3. The molecule has 9 aromatic rings. The summed E-state index contributed by atoms with van der Waals surface area (Å²) in [6, 6.07) is 49.7. The molecule has 5 heterocycles. The second-order valence-electron chi connectivity index (χ2n) is 26.7. The van der Waals surface area contributed by atoms with Gasteiger partial charge in [0.05, 0.1) is 11.0 Å². The standard InChI is InChI=1S/C77H76B2N7O.Pt/c1-74(2,3)52-33-36-66-58(45-52)57-35-34-55(49-70(57)86(66)73-82-65-29-14-15-30-67(65)83(73)13)87-56-44-51(71-61(76(7,8)9)25-22-26-62(71)77(10,11)12)43-54(48-56)84-50-85(69-32-17-16-31-68(69)84)72-59(63-27-23-41-80-39-20-18-37-78-63)46-53(75(4,5)6)47-60(72)64-28-24-42-81-40-21-19-38-79-64;/h14-47,50,80-81H,1-13H3;/q-3;/b37-18-,38-19-,39-20-,40-21-,41-23-,42-24-,63-27-,64-28-;/i13D3;. The average molecular weight is 1340 g/mol. The number of benzene rings is 7. The third-order valence-corrected chi connectivity index (χ3v) is 16.3. The van der Waals surface area contributed by atoms with Gasteiger partial charge in [0.15, 0.2) is 14.6 Å². The van der Waals surface area contributed by atoms with Crippen LogP contribution in [0.15, 0.2) is 207 Å². The Hall–Kier alpha value is -8.45. The molecule has 0 atom stereocenters. The van der Waals surface area contributed by atoms with E-state index in [2.05, 4.69) is 264 Å². The van der Waals surface area contributed by atoms with Gasteiger partial charge in [-0.2, -0.15) is 6.07 Å². The van der Waals surface area contributed by atoms with Crippen LogP contribution in [0.2, 0.25) is 0 Å². The number of aryl methyl sites for hydroxylation is 1. The van der Waals surface area contributed by atoms with E-state index in [-0.39, 0.29) is 48.7 Å². The predicted molar refractivity (Wildman–Crippen MR) is 370 cm³/mol. The van der Waals surface area contributed by atoms with Gasteiger partial charge in [-0.1, -0.05) is 178 Å². The van der Waals surface area contributed by atoms with Crippen molar-refractivity contribution < 1.29 is 29.9 Å². The molecule has 11 heteroatoms. The molecule has 7 aromatic carbocycles. The maximum atomic E-state index is 8.91. The Balaban J connectivity index is 0.00000850. The Kier molecular flexibility index (Phi) is 15.8. The molecule has 0 saturated heterocycles. The third-order valence-electron chi connectivity index (χ3n) is 16.3. The van der Waals surface area contributed by atoms with Gasteiger partial charge >= 0.3 is 0 Å². The van der Waals surface area contributed by atoms with Crippen molar-refractivity contribution in [2.45, 2.75) is 105 Å². The van der Waals surface area contributed by atoms with Crippen LogP contribution >= 0.6 is 0 Å². The van der Waals surface area contributed by atoms with Crippen LogP contribution in [0.1, 0.15) is 121 Å². The quantitative estimate of drug-likeness (QED) is 0.117. The summed E-state index contributed by atoms with van der Waals surface area (Å²) >= 11 is 0. The van der Waals surface area contributed by atoms with Gasteiger partial charge < -0.3 is 34.3 Å². The van der Waals surface area contributed by atoms with E-state index in [1.54, 1.807) is 0 Å². The van der Waals surface area contributed by atoms with Gasteiger partial charge in [-0.3, -0.25) is 0 Å². The Morgan fingerprint density at radius 2 is 1.15 bits per heavy atom. The summed E-state index contributed by atoms with van der Waals surface area (Å²) in [5, 5.41) is 8.40. The molecule has 3 aliphatic heterocycles. The molecule has 12 rings (SSSR count). The molecule has 8 nitrogen and oxygen atoms in total. The molecule has 2 aromatic heterocycles. The van der Waals surface area contributed by atoms with Crippen molar-refractivity contribution in [1.29, 1.82) is 0 Å². The number of nitrogens with one attached hydrogen (secondary N) is 2. The molecular weight excluding hydrogens is 1260 g/mol. The van der Waals surface area contributed by atoms with Gasteiger partial charge in [0.25, 0.3) is 0 Å². The van der Waals surface area contributed by atoms with E-state index in [4.69, 9.17) is 13.8 Å². The molecule has 3 aliphatic rings. The average Bonchev–Trinajstić information content (AvgIpc) is 1.62. The van der Waals surface area contributed by atoms with Crippen LogP contribution in [0.25, 0.3) is 60.9 Å². The van der Waals surface area contributed by atoms with Crippen molar-refractivity contribution in [2.24, 2.45) is 6.98 Å². The number of fused-ring (bicyclic) bond motifs is 5. The number of anilines is 4. The molecule has 0 amide bonds. The summed E-state index contributed by atoms with van der Waals surface area (Å²) in [5.74, 6) is 5.35.